The summed E-state index contributed by atoms with van der Waals surface area (Å²) in [5.41, 5.74) is 1.61. The normalized spacial score (nSPS) is 16.7. The molecule has 192 valence electrons. The van der Waals surface area contributed by atoms with Gasteiger partial charge in [0, 0.05) is 12.1 Å². The molecule has 6 nitrogen and oxygen atoms in total. The van der Waals surface area contributed by atoms with Crippen molar-refractivity contribution in [3.63, 3.8) is 0 Å². The standard InChI is InChI=1S/C30H30FNO5/c1-3-5-17-37-24-16-13-22(18-25(24)36-4-2)27-26(28(33)21-11-14-23(31)15-12-21)29(34)30(35)32(27)19-20-9-7-6-8-10-20/h6-16,18,27,33H,3-5,17,19H2,1-2H3/b28-26+. The number of aliphatic hydroxyl groups excluding tert-OH is 1. The number of ether oxygens (including phenoxy) is 2. The number of carbonyl (C=O) groups is 2. The molecule has 0 saturated carbocycles. The third kappa shape index (κ3) is 5.66. The third-order valence-corrected chi connectivity index (χ3v) is 6.19. The minimum atomic E-state index is -0.880. The molecule has 4 rings (SSSR count). The Balaban J connectivity index is 1.83. The number of rotatable bonds is 10. The molecule has 1 amide bonds. The van der Waals surface area contributed by atoms with Gasteiger partial charge in [0.25, 0.3) is 11.7 Å². The topological polar surface area (TPSA) is 76.1 Å². The maximum absolute atomic E-state index is 13.5. The fourth-order valence-electron chi connectivity index (χ4n) is 4.34. The van der Waals surface area contributed by atoms with Gasteiger partial charge in [0.2, 0.25) is 0 Å². The van der Waals surface area contributed by atoms with Crippen molar-refractivity contribution in [2.75, 3.05) is 13.2 Å². The second-order valence-corrected chi connectivity index (χ2v) is 8.76. The molecule has 37 heavy (non-hydrogen) atoms. The fraction of sp³-hybridized carbons (Fsp3) is 0.267. The molecule has 0 aliphatic carbocycles. The lowest BCUT2D eigenvalue weighted by molar-refractivity contribution is -0.140. The number of benzene rings is 3. The Labute approximate surface area is 215 Å². The molecule has 1 saturated heterocycles. The molecule has 1 fully saturated rings. The van der Waals surface area contributed by atoms with E-state index in [4.69, 9.17) is 9.47 Å². The summed E-state index contributed by atoms with van der Waals surface area (Å²) in [6.45, 7) is 5.03. The zero-order chi connectivity index (χ0) is 26.4. The molecule has 3 aromatic rings. The lowest BCUT2D eigenvalue weighted by Crippen LogP contribution is -2.29. The molecule has 0 radical (unpaired) electrons. The van der Waals surface area contributed by atoms with E-state index in [0.717, 1.165) is 18.4 Å². The maximum atomic E-state index is 13.5. The van der Waals surface area contributed by atoms with Crippen LogP contribution in [0.3, 0.4) is 0 Å². The maximum Gasteiger partial charge on any atom is 0.295 e. The van der Waals surface area contributed by atoms with Gasteiger partial charge in [-0.3, -0.25) is 9.59 Å². The van der Waals surface area contributed by atoms with Crippen molar-refractivity contribution in [2.45, 2.75) is 39.3 Å². The Morgan fingerprint density at radius 2 is 1.68 bits per heavy atom. The first kappa shape index (κ1) is 25.9. The molecular formula is C30H30FNO5. The Kier molecular flexibility index (Phi) is 8.23. The van der Waals surface area contributed by atoms with Crippen LogP contribution in [-0.2, 0) is 16.1 Å². The monoisotopic (exact) mass is 503 g/mol. The first-order valence-electron chi connectivity index (χ1n) is 12.4. The lowest BCUT2D eigenvalue weighted by Gasteiger charge is -2.26. The summed E-state index contributed by atoms with van der Waals surface area (Å²) < 4.78 is 25.3. The number of Topliss-reactive ketones (excluding diaryl/α,β-unsaturated/α-hetero) is 1. The Hall–Kier alpha value is -4.13. The van der Waals surface area contributed by atoms with E-state index in [0.29, 0.717) is 30.3 Å². The first-order chi connectivity index (χ1) is 17.9. The summed E-state index contributed by atoms with van der Waals surface area (Å²) in [6, 6.07) is 18.9. The van der Waals surface area contributed by atoms with E-state index in [1.165, 1.54) is 29.2 Å². The van der Waals surface area contributed by atoms with E-state index in [9.17, 15) is 19.1 Å². The van der Waals surface area contributed by atoms with Crippen LogP contribution in [0.15, 0.2) is 78.4 Å². The van der Waals surface area contributed by atoms with Gasteiger partial charge < -0.3 is 19.5 Å². The largest absolute Gasteiger partial charge is 0.507 e. The molecule has 1 aliphatic rings. The average Bonchev–Trinajstić information content (AvgIpc) is 3.15. The summed E-state index contributed by atoms with van der Waals surface area (Å²) in [4.78, 5) is 28.0. The van der Waals surface area contributed by atoms with Crippen LogP contribution in [0, 0.1) is 5.82 Å². The molecule has 1 heterocycles. The minimum absolute atomic E-state index is 0.0605. The molecule has 0 bridgehead atoms. The van der Waals surface area contributed by atoms with Gasteiger partial charge >= 0.3 is 0 Å². The van der Waals surface area contributed by atoms with E-state index in [1.54, 1.807) is 18.2 Å². The predicted molar refractivity (Wildman–Crippen MR) is 139 cm³/mol. The summed E-state index contributed by atoms with van der Waals surface area (Å²) in [6.07, 6.45) is 1.88. The van der Waals surface area contributed by atoms with E-state index in [-0.39, 0.29) is 23.4 Å². The van der Waals surface area contributed by atoms with Crippen LogP contribution < -0.4 is 9.47 Å². The number of amides is 1. The second-order valence-electron chi connectivity index (χ2n) is 8.76. The fourth-order valence-corrected chi connectivity index (χ4v) is 4.34. The highest BCUT2D eigenvalue weighted by Gasteiger charge is 2.46. The molecule has 1 N–H and O–H groups in total. The number of carbonyl (C=O) groups excluding carboxylic acids is 2. The minimum Gasteiger partial charge on any atom is -0.507 e. The van der Waals surface area contributed by atoms with Gasteiger partial charge in [-0.1, -0.05) is 49.7 Å². The van der Waals surface area contributed by atoms with Gasteiger partial charge in [0.05, 0.1) is 24.8 Å². The highest BCUT2D eigenvalue weighted by molar-refractivity contribution is 6.46. The Bertz CT molecular complexity index is 1290. The van der Waals surface area contributed by atoms with Crippen LogP contribution in [0.4, 0.5) is 4.39 Å². The second kappa shape index (κ2) is 11.7. The number of unbranched alkanes of at least 4 members (excludes halogenated alkanes) is 1. The third-order valence-electron chi connectivity index (χ3n) is 6.19. The highest BCUT2D eigenvalue weighted by Crippen LogP contribution is 2.42. The van der Waals surface area contributed by atoms with Gasteiger partial charge in [0.15, 0.2) is 11.5 Å². The average molecular weight is 504 g/mol. The summed E-state index contributed by atoms with van der Waals surface area (Å²) >= 11 is 0. The molecule has 1 unspecified atom stereocenters. The van der Waals surface area contributed by atoms with Crippen LogP contribution in [-0.4, -0.2) is 34.9 Å². The smallest absolute Gasteiger partial charge is 0.295 e. The molecular weight excluding hydrogens is 473 g/mol. The van der Waals surface area contributed by atoms with Crippen molar-refractivity contribution < 1.29 is 28.6 Å². The number of hydrogen-bond donors (Lipinski definition) is 1. The van der Waals surface area contributed by atoms with Crippen molar-refractivity contribution in [3.05, 3.63) is 101 Å². The number of aliphatic hydroxyl groups is 1. The quantitative estimate of drug-likeness (QED) is 0.158. The molecule has 1 atom stereocenters. The van der Waals surface area contributed by atoms with Gasteiger partial charge in [-0.25, -0.2) is 4.39 Å². The zero-order valence-electron chi connectivity index (χ0n) is 20.9. The van der Waals surface area contributed by atoms with Crippen molar-refractivity contribution in [3.8, 4) is 11.5 Å². The van der Waals surface area contributed by atoms with Crippen LogP contribution in [0.2, 0.25) is 0 Å². The number of likely N-dealkylation sites (tertiary alicyclic amines) is 1. The molecule has 0 aromatic heterocycles. The SMILES string of the molecule is CCCCOc1ccc(C2/C(=C(\O)c3ccc(F)cc3)C(=O)C(=O)N2Cc2ccccc2)cc1OCC. The summed E-state index contributed by atoms with van der Waals surface area (Å²) in [5.74, 6) is -1.30. The van der Waals surface area contributed by atoms with Crippen molar-refractivity contribution >= 4 is 17.4 Å². The number of ketones is 1. The van der Waals surface area contributed by atoms with Gasteiger partial charge in [-0.15, -0.1) is 0 Å². The van der Waals surface area contributed by atoms with Crippen molar-refractivity contribution in [1.29, 1.82) is 0 Å². The van der Waals surface area contributed by atoms with E-state index in [2.05, 4.69) is 6.92 Å². The van der Waals surface area contributed by atoms with E-state index in [1.807, 2.05) is 37.3 Å². The predicted octanol–water partition coefficient (Wildman–Crippen LogP) is 6.03. The zero-order valence-corrected chi connectivity index (χ0v) is 20.9. The highest BCUT2D eigenvalue weighted by atomic mass is 19.1. The van der Waals surface area contributed by atoms with Crippen LogP contribution in [0.1, 0.15) is 49.4 Å². The van der Waals surface area contributed by atoms with Crippen molar-refractivity contribution in [2.24, 2.45) is 0 Å². The van der Waals surface area contributed by atoms with Crippen LogP contribution in [0.25, 0.3) is 5.76 Å². The Morgan fingerprint density at radius 1 is 0.946 bits per heavy atom. The summed E-state index contributed by atoms with van der Waals surface area (Å²) in [7, 11) is 0. The van der Waals surface area contributed by atoms with Crippen LogP contribution >= 0.6 is 0 Å². The lowest BCUT2D eigenvalue weighted by atomic mass is 9.94. The van der Waals surface area contributed by atoms with Gasteiger partial charge in [0.1, 0.15) is 11.6 Å². The number of hydrogen-bond acceptors (Lipinski definition) is 5. The van der Waals surface area contributed by atoms with Gasteiger partial charge in [-0.05, 0) is 60.9 Å². The number of halogens is 1. The van der Waals surface area contributed by atoms with Crippen LogP contribution in [0.5, 0.6) is 11.5 Å². The molecule has 7 heteroatoms. The molecule has 3 aromatic carbocycles. The number of nitrogens with zero attached hydrogens (tertiary/aromatic N) is 1. The van der Waals surface area contributed by atoms with Crippen molar-refractivity contribution in [1.82, 2.24) is 4.90 Å². The van der Waals surface area contributed by atoms with Gasteiger partial charge in [-0.2, -0.15) is 0 Å². The molecule has 0 spiro atoms. The Morgan fingerprint density at radius 3 is 2.35 bits per heavy atom. The van der Waals surface area contributed by atoms with E-state index >= 15 is 0 Å². The van der Waals surface area contributed by atoms with E-state index < -0.39 is 23.5 Å². The summed E-state index contributed by atoms with van der Waals surface area (Å²) in [5, 5.41) is 11.2. The first-order valence-corrected chi connectivity index (χ1v) is 12.4. The molecule has 1 aliphatic heterocycles.